The van der Waals surface area contributed by atoms with Crippen LogP contribution in [-0.4, -0.2) is 53.2 Å². The molecule has 0 saturated carbocycles. The van der Waals surface area contributed by atoms with E-state index >= 15 is 0 Å². The zero-order valence-electron chi connectivity index (χ0n) is 10.4. The van der Waals surface area contributed by atoms with Crippen molar-refractivity contribution in [2.75, 3.05) is 13.1 Å². The van der Waals surface area contributed by atoms with Gasteiger partial charge >= 0.3 is 12.1 Å². The third-order valence-electron chi connectivity index (χ3n) is 2.08. The molecule has 8 heteroatoms. The van der Waals surface area contributed by atoms with Crippen molar-refractivity contribution < 1.29 is 27.9 Å². The van der Waals surface area contributed by atoms with E-state index in [9.17, 15) is 22.8 Å². The summed E-state index contributed by atoms with van der Waals surface area (Å²) in [5.41, 5.74) is 0. The molecule has 0 bridgehead atoms. The van der Waals surface area contributed by atoms with E-state index in [1.165, 1.54) is 6.92 Å². The smallest absolute Gasteiger partial charge is 0.401 e. The molecule has 0 radical (unpaired) electrons. The molecule has 2 N–H and O–H groups in total. The van der Waals surface area contributed by atoms with Crippen LogP contribution in [0.5, 0.6) is 0 Å². The van der Waals surface area contributed by atoms with Gasteiger partial charge in [-0.05, 0) is 20.8 Å². The number of carbonyl (C=O) groups is 2. The van der Waals surface area contributed by atoms with Crippen LogP contribution in [0.15, 0.2) is 0 Å². The Labute approximate surface area is 103 Å². The minimum Gasteiger partial charge on any atom is -0.480 e. The molecule has 0 aromatic rings. The third-order valence-corrected chi connectivity index (χ3v) is 2.08. The molecule has 0 spiro atoms. The second-order valence-electron chi connectivity index (χ2n) is 4.25. The molecule has 0 rings (SSSR count). The Hall–Kier alpha value is -1.31. The van der Waals surface area contributed by atoms with Gasteiger partial charge in [-0.25, -0.2) is 0 Å². The fourth-order valence-electron chi connectivity index (χ4n) is 1.30. The average Bonchev–Trinajstić information content (AvgIpc) is 2.11. The molecule has 0 heterocycles. The second-order valence-corrected chi connectivity index (χ2v) is 4.25. The van der Waals surface area contributed by atoms with Crippen molar-refractivity contribution in [2.45, 2.75) is 39.0 Å². The first kappa shape index (κ1) is 16.7. The van der Waals surface area contributed by atoms with Crippen LogP contribution in [-0.2, 0) is 9.59 Å². The van der Waals surface area contributed by atoms with Gasteiger partial charge < -0.3 is 10.4 Å². The molecule has 0 aliphatic rings. The Balaban J connectivity index is 4.73. The van der Waals surface area contributed by atoms with Crippen LogP contribution < -0.4 is 5.32 Å². The van der Waals surface area contributed by atoms with Crippen LogP contribution in [0.3, 0.4) is 0 Å². The summed E-state index contributed by atoms with van der Waals surface area (Å²) in [6.07, 6.45) is -4.55. The van der Waals surface area contributed by atoms with Crippen LogP contribution in [0.25, 0.3) is 0 Å². The van der Waals surface area contributed by atoms with Crippen molar-refractivity contribution >= 4 is 11.9 Å². The molecule has 0 aliphatic heterocycles. The fraction of sp³-hybridized carbons (Fsp3) is 0.800. The maximum absolute atomic E-state index is 12.3. The van der Waals surface area contributed by atoms with Gasteiger partial charge in [-0.2, -0.15) is 13.2 Å². The van der Waals surface area contributed by atoms with Gasteiger partial charge in [0, 0.05) is 6.04 Å². The molecule has 18 heavy (non-hydrogen) atoms. The van der Waals surface area contributed by atoms with Crippen LogP contribution >= 0.6 is 0 Å². The minimum absolute atomic E-state index is 0.225. The first-order chi connectivity index (χ1) is 8.03. The number of aliphatic carboxylic acids is 1. The van der Waals surface area contributed by atoms with E-state index in [2.05, 4.69) is 5.32 Å². The average molecular weight is 270 g/mol. The minimum atomic E-state index is -4.55. The molecule has 0 saturated heterocycles. The molecule has 1 unspecified atom stereocenters. The number of rotatable bonds is 6. The Bertz CT molecular complexity index is 305. The van der Waals surface area contributed by atoms with Gasteiger partial charge in [0.25, 0.3) is 0 Å². The van der Waals surface area contributed by atoms with Crippen LogP contribution in [0, 0.1) is 0 Å². The maximum Gasteiger partial charge on any atom is 0.401 e. The number of nitrogens with one attached hydrogen (secondary N) is 1. The molecule has 0 aliphatic carbocycles. The van der Waals surface area contributed by atoms with Gasteiger partial charge in [-0.3, -0.25) is 14.5 Å². The Morgan fingerprint density at radius 1 is 1.28 bits per heavy atom. The molecular weight excluding hydrogens is 253 g/mol. The maximum atomic E-state index is 12.3. The molecule has 5 nitrogen and oxygen atoms in total. The summed E-state index contributed by atoms with van der Waals surface area (Å²) in [6, 6.07) is -1.39. The summed E-state index contributed by atoms with van der Waals surface area (Å²) >= 11 is 0. The Morgan fingerprint density at radius 2 is 1.78 bits per heavy atom. The number of hydrogen-bond donors (Lipinski definition) is 2. The van der Waals surface area contributed by atoms with Crippen molar-refractivity contribution in [2.24, 2.45) is 0 Å². The van der Waals surface area contributed by atoms with Gasteiger partial charge in [0.2, 0.25) is 5.91 Å². The lowest BCUT2D eigenvalue weighted by Gasteiger charge is -2.28. The Morgan fingerprint density at radius 3 is 2.11 bits per heavy atom. The van der Waals surface area contributed by atoms with Crippen molar-refractivity contribution in [3.05, 3.63) is 0 Å². The number of carbonyl (C=O) groups excluding carboxylic acids is 1. The van der Waals surface area contributed by atoms with Gasteiger partial charge in [-0.1, -0.05) is 0 Å². The molecule has 0 fully saturated rings. The predicted octanol–water partition coefficient (Wildman–Crippen LogP) is 0.848. The number of carboxylic acid groups (broad SMARTS) is 1. The van der Waals surface area contributed by atoms with Gasteiger partial charge in [0.05, 0.1) is 19.1 Å². The summed E-state index contributed by atoms with van der Waals surface area (Å²) in [5.74, 6) is -2.04. The zero-order valence-corrected chi connectivity index (χ0v) is 10.4. The van der Waals surface area contributed by atoms with Crippen molar-refractivity contribution in [3.63, 3.8) is 0 Å². The summed E-state index contributed by atoms with van der Waals surface area (Å²) in [7, 11) is 0. The summed E-state index contributed by atoms with van der Waals surface area (Å²) in [4.78, 5) is 22.6. The molecule has 1 amide bonds. The fourth-order valence-corrected chi connectivity index (χ4v) is 1.30. The monoisotopic (exact) mass is 270 g/mol. The molecule has 0 aromatic heterocycles. The van der Waals surface area contributed by atoms with Crippen LogP contribution in [0.1, 0.15) is 20.8 Å². The molecule has 1 atom stereocenters. The van der Waals surface area contributed by atoms with E-state index in [1.54, 1.807) is 13.8 Å². The van der Waals surface area contributed by atoms with E-state index in [0.29, 0.717) is 4.90 Å². The number of nitrogens with zero attached hydrogens (tertiary/aromatic N) is 1. The highest BCUT2D eigenvalue weighted by atomic mass is 19.4. The largest absolute Gasteiger partial charge is 0.480 e. The lowest BCUT2D eigenvalue weighted by atomic mass is 10.2. The van der Waals surface area contributed by atoms with Gasteiger partial charge in [0.1, 0.15) is 0 Å². The molecular formula is C10H17F3N2O3. The quantitative estimate of drug-likeness (QED) is 0.750. The Kier molecular flexibility index (Phi) is 6.10. The topological polar surface area (TPSA) is 69.6 Å². The number of carboxylic acids is 1. The molecule has 0 aromatic carbocycles. The second kappa shape index (κ2) is 6.58. The first-order valence-corrected chi connectivity index (χ1v) is 5.36. The number of amides is 1. The first-order valence-electron chi connectivity index (χ1n) is 5.36. The summed E-state index contributed by atoms with van der Waals surface area (Å²) < 4.78 is 36.8. The van der Waals surface area contributed by atoms with E-state index < -0.39 is 37.2 Å². The number of hydrogen-bond acceptors (Lipinski definition) is 3. The van der Waals surface area contributed by atoms with Crippen molar-refractivity contribution in [1.29, 1.82) is 0 Å². The lowest BCUT2D eigenvalue weighted by Crippen LogP contribution is -2.51. The van der Waals surface area contributed by atoms with E-state index in [0.717, 1.165) is 0 Å². The van der Waals surface area contributed by atoms with E-state index in [-0.39, 0.29) is 6.04 Å². The third kappa shape index (κ3) is 7.10. The van der Waals surface area contributed by atoms with E-state index in [1.807, 2.05) is 0 Å². The van der Waals surface area contributed by atoms with Gasteiger partial charge in [0.15, 0.2) is 0 Å². The summed E-state index contributed by atoms with van der Waals surface area (Å²) in [6.45, 7) is 2.29. The number of halogens is 3. The van der Waals surface area contributed by atoms with Gasteiger partial charge in [-0.15, -0.1) is 0 Å². The van der Waals surface area contributed by atoms with Crippen LogP contribution in [0.4, 0.5) is 13.2 Å². The normalized spacial score (nSPS) is 13.8. The zero-order chi connectivity index (χ0) is 14.5. The number of alkyl halides is 3. The van der Waals surface area contributed by atoms with Crippen LogP contribution in [0.2, 0.25) is 0 Å². The highest BCUT2D eigenvalue weighted by Crippen LogP contribution is 2.18. The molecule has 106 valence electrons. The lowest BCUT2D eigenvalue weighted by molar-refractivity contribution is -0.160. The highest BCUT2D eigenvalue weighted by Gasteiger charge is 2.35. The van der Waals surface area contributed by atoms with Crippen molar-refractivity contribution in [3.8, 4) is 0 Å². The standard InChI is InChI=1S/C10H17F3N2O3/c1-6(2)14-9(18)7(3)15(4-8(16)17)5-10(11,12)13/h6-7H,4-5H2,1-3H3,(H,14,18)(H,16,17). The predicted molar refractivity (Wildman–Crippen MR) is 58.0 cm³/mol. The SMILES string of the molecule is CC(C)NC(=O)C(C)N(CC(=O)O)CC(F)(F)F. The summed E-state index contributed by atoms with van der Waals surface area (Å²) in [5, 5.41) is 11.0. The highest BCUT2D eigenvalue weighted by molar-refractivity contribution is 5.82. The van der Waals surface area contributed by atoms with Crippen molar-refractivity contribution in [1.82, 2.24) is 10.2 Å². The van der Waals surface area contributed by atoms with E-state index in [4.69, 9.17) is 5.11 Å².